The third-order valence-electron chi connectivity index (χ3n) is 6.73. The fourth-order valence-corrected chi connectivity index (χ4v) is 6.18. The molecule has 3 heterocycles. The van der Waals surface area contributed by atoms with Crippen molar-refractivity contribution < 1.29 is 8.42 Å². The summed E-state index contributed by atoms with van der Waals surface area (Å²) in [5.74, 6) is 0.734. The van der Waals surface area contributed by atoms with E-state index in [2.05, 4.69) is 68.8 Å². The lowest BCUT2D eigenvalue weighted by atomic mass is 9.90. The first kappa shape index (κ1) is 23.4. The molecule has 0 spiro atoms. The smallest absolute Gasteiger partial charge is 0.244 e. The van der Waals surface area contributed by atoms with E-state index in [1.165, 1.54) is 22.7 Å². The van der Waals surface area contributed by atoms with Crippen molar-refractivity contribution in [2.24, 2.45) is 0 Å². The molecule has 1 atom stereocenters. The molecule has 0 radical (unpaired) electrons. The van der Waals surface area contributed by atoms with Crippen LogP contribution in [0.25, 0.3) is 10.9 Å². The zero-order chi connectivity index (χ0) is 24.4. The first-order chi connectivity index (χ1) is 16.9. The molecular formula is C27H31N5O2S. The van der Waals surface area contributed by atoms with Crippen LogP contribution in [0.5, 0.6) is 0 Å². The molecule has 0 saturated carbocycles. The van der Waals surface area contributed by atoms with Gasteiger partial charge in [-0.25, -0.2) is 13.4 Å². The lowest BCUT2D eigenvalue weighted by Gasteiger charge is -2.20. The number of anilines is 2. The number of fused-ring (bicyclic) bond motifs is 1. The molecule has 2 aromatic heterocycles. The van der Waals surface area contributed by atoms with Crippen molar-refractivity contribution in [1.82, 2.24) is 14.3 Å². The summed E-state index contributed by atoms with van der Waals surface area (Å²) in [6.45, 7) is 1.79. The number of nitrogens with zero attached hydrogens (tertiary/aromatic N) is 3. The Hall–Kier alpha value is -3.36. The number of hydrogen-bond acceptors (Lipinski definition) is 5. The molecule has 0 aliphatic carbocycles. The molecule has 2 N–H and O–H groups in total. The van der Waals surface area contributed by atoms with Crippen LogP contribution in [0, 0.1) is 0 Å². The largest absolute Gasteiger partial charge is 0.378 e. The molecule has 5 rings (SSSR count). The Morgan fingerprint density at radius 2 is 1.77 bits per heavy atom. The van der Waals surface area contributed by atoms with Crippen molar-refractivity contribution in [3.8, 4) is 0 Å². The highest BCUT2D eigenvalue weighted by molar-refractivity contribution is 7.89. The first-order valence-electron chi connectivity index (χ1n) is 12.0. The Bertz CT molecular complexity index is 1390. The number of benzene rings is 2. The maximum absolute atomic E-state index is 12.8. The fraction of sp³-hybridized carbons (Fsp3) is 0.296. The summed E-state index contributed by atoms with van der Waals surface area (Å²) in [5, 5.41) is 4.63. The normalized spacial score (nSPS) is 15.4. The fourth-order valence-electron chi connectivity index (χ4n) is 4.72. The van der Waals surface area contributed by atoms with Crippen LogP contribution in [0.2, 0.25) is 0 Å². The Morgan fingerprint density at radius 1 is 1.03 bits per heavy atom. The lowest BCUT2D eigenvalue weighted by Crippen LogP contribution is -2.28. The van der Waals surface area contributed by atoms with Gasteiger partial charge in [0.05, 0.1) is 0 Å². The summed E-state index contributed by atoms with van der Waals surface area (Å²) < 4.78 is 27.2. The van der Waals surface area contributed by atoms with Gasteiger partial charge in [-0.05, 0) is 54.3 Å². The van der Waals surface area contributed by atoms with Crippen LogP contribution < -0.4 is 10.2 Å². The van der Waals surface area contributed by atoms with Crippen LogP contribution in [-0.2, 0) is 10.0 Å². The van der Waals surface area contributed by atoms with E-state index in [4.69, 9.17) is 0 Å². The first-order valence-corrected chi connectivity index (χ1v) is 13.4. The minimum absolute atomic E-state index is 0.0807. The highest BCUT2D eigenvalue weighted by Gasteiger charge is 2.27. The quantitative estimate of drug-likeness (QED) is 0.376. The number of sulfonamides is 1. The van der Waals surface area contributed by atoms with Gasteiger partial charge in [-0.15, -0.1) is 0 Å². The second-order valence-electron chi connectivity index (χ2n) is 9.20. The highest BCUT2D eigenvalue weighted by Crippen LogP contribution is 2.32. The summed E-state index contributed by atoms with van der Waals surface area (Å²) in [6.07, 6.45) is 5.37. The van der Waals surface area contributed by atoms with Crippen molar-refractivity contribution >= 4 is 32.4 Å². The van der Waals surface area contributed by atoms with Gasteiger partial charge in [0.25, 0.3) is 0 Å². The summed E-state index contributed by atoms with van der Waals surface area (Å²) >= 11 is 0. The maximum Gasteiger partial charge on any atom is 0.244 e. The molecule has 1 unspecified atom stereocenters. The summed E-state index contributed by atoms with van der Waals surface area (Å²) in [5.41, 5.74) is 4.66. The number of hydrogen-bond donors (Lipinski definition) is 2. The molecule has 1 saturated heterocycles. The molecule has 0 bridgehead atoms. The SMILES string of the molecule is CN(C)c1ccc(C(CNc2ccc(S(=O)(=O)N3CCCC3)cn2)c2c[nH]c3ccccc23)cc1. The van der Waals surface area contributed by atoms with Crippen LogP contribution in [0.4, 0.5) is 11.5 Å². The van der Waals surface area contributed by atoms with Gasteiger partial charge < -0.3 is 15.2 Å². The Labute approximate surface area is 206 Å². The van der Waals surface area contributed by atoms with E-state index >= 15 is 0 Å². The number of rotatable bonds is 8. The van der Waals surface area contributed by atoms with Crippen LogP contribution in [0.15, 0.2) is 78.0 Å². The zero-order valence-corrected chi connectivity index (χ0v) is 20.9. The molecule has 4 aromatic rings. The summed E-state index contributed by atoms with van der Waals surface area (Å²) in [6, 6.07) is 20.3. The van der Waals surface area contributed by atoms with Crippen molar-refractivity contribution in [2.45, 2.75) is 23.7 Å². The molecule has 182 valence electrons. The number of pyridine rings is 1. The van der Waals surface area contributed by atoms with Gasteiger partial charge in [0.15, 0.2) is 0 Å². The molecule has 1 aliphatic heterocycles. The standard InChI is InChI=1S/C27H31N5O2S/c1-31(2)21-11-9-20(10-12-21)24(25-19-28-26-8-4-3-7-23(25)26)18-30-27-14-13-22(17-29-27)35(33,34)32-15-5-6-16-32/h3-4,7-14,17,19,24,28H,5-6,15-16,18H2,1-2H3,(H,29,30). The van der Waals surface area contributed by atoms with Crippen molar-refractivity contribution in [1.29, 1.82) is 0 Å². The average Bonchev–Trinajstić information content (AvgIpc) is 3.56. The maximum atomic E-state index is 12.8. The molecule has 1 aliphatic rings. The van der Waals surface area contributed by atoms with Gasteiger partial charge in [-0.3, -0.25) is 0 Å². The molecule has 7 nitrogen and oxygen atoms in total. The topological polar surface area (TPSA) is 81.3 Å². The number of nitrogens with one attached hydrogen (secondary N) is 2. The van der Waals surface area contributed by atoms with Crippen LogP contribution in [0.1, 0.15) is 29.9 Å². The minimum Gasteiger partial charge on any atom is -0.378 e. The zero-order valence-electron chi connectivity index (χ0n) is 20.1. The highest BCUT2D eigenvalue weighted by atomic mass is 32.2. The third kappa shape index (κ3) is 4.76. The predicted octanol–water partition coefficient (Wildman–Crippen LogP) is 4.66. The van der Waals surface area contributed by atoms with E-state index < -0.39 is 10.0 Å². The van der Waals surface area contributed by atoms with E-state index in [1.807, 2.05) is 20.2 Å². The van der Waals surface area contributed by atoms with Crippen molar-refractivity contribution in [2.75, 3.05) is 43.9 Å². The third-order valence-corrected chi connectivity index (χ3v) is 8.62. The van der Waals surface area contributed by atoms with Crippen LogP contribution >= 0.6 is 0 Å². The second kappa shape index (κ2) is 9.71. The Balaban J connectivity index is 1.40. The average molecular weight is 490 g/mol. The van der Waals surface area contributed by atoms with Crippen molar-refractivity contribution in [3.05, 3.63) is 84.2 Å². The van der Waals surface area contributed by atoms with Gasteiger partial charge in [0, 0.05) is 68.6 Å². The summed E-state index contributed by atoms with van der Waals surface area (Å²) in [7, 11) is 0.604. The molecule has 2 aromatic carbocycles. The van der Waals surface area contributed by atoms with E-state index in [9.17, 15) is 8.42 Å². The monoisotopic (exact) mass is 489 g/mol. The van der Waals surface area contributed by atoms with Crippen LogP contribution in [-0.4, -0.2) is 56.4 Å². The molecular weight excluding hydrogens is 458 g/mol. The van der Waals surface area contributed by atoms with E-state index in [-0.39, 0.29) is 10.8 Å². The van der Waals surface area contributed by atoms with Gasteiger partial charge in [-0.1, -0.05) is 30.3 Å². The van der Waals surface area contributed by atoms with Gasteiger partial charge >= 0.3 is 0 Å². The molecule has 35 heavy (non-hydrogen) atoms. The molecule has 1 fully saturated rings. The van der Waals surface area contributed by atoms with E-state index in [0.29, 0.717) is 25.5 Å². The number of para-hydroxylation sites is 1. The van der Waals surface area contributed by atoms with Gasteiger partial charge in [0.2, 0.25) is 10.0 Å². The van der Waals surface area contributed by atoms with E-state index in [0.717, 1.165) is 24.0 Å². The van der Waals surface area contributed by atoms with Gasteiger partial charge in [-0.2, -0.15) is 4.31 Å². The summed E-state index contributed by atoms with van der Waals surface area (Å²) in [4.78, 5) is 10.2. The van der Waals surface area contributed by atoms with Crippen molar-refractivity contribution in [3.63, 3.8) is 0 Å². The Kier molecular flexibility index (Phi) is 6.49. The van der Waals surface area contributed by atoms with E-state index in [1.54, 1.807) is 16.4 Å². The lowest BCUT2D eigenvalue weighted by molar-refractivity contribution is 0.477. The molecule has 0 amide bonds. The number of aromatic nitrogens is 2. The minimum atomic E-state index is -3.47. The van der Waals surface area contributed by atoms with Gasteiger partial charge in [0.1, 0.15) is 10.7 Å². The van der Waals surface area contributed by atoms with Crippen LogP contribution in [0.3, 0.4) is 0 Å². The number of aromatic amines is 1. The Morgan fingerprint density at radius 3 is 2.46 bits per heavy atom. The molecule has 8 heteroatoms. The number of H-pyrrole nitrogens is 1. The second-order valence-corrected chi connectivity index (χ2v) is 11.1. The predicted molar refractivity (Wildman–Crippen MR) is 142 cm³/mol.